The maximum atomic E-state index is 12.7. The van der Waals surface area contributed by atoms with E-state index >= 15 is 0 Å². The van der Waals surface area contributed by atoms with Crippen LogP contribution in [-0.2, 0) is 34.2 Å². The van der Waals surface area contributed by atoms with E-state index in [4.69, 9.17) is 11.6 Å². The molecule has 7 heteroatoms. The van der Waals surface area contributed by atoms with E-state index in [1.165, 1.54) is 4.31 Å². The van der Waals surface area contributed by atoms with Crippen LogP contribution in [0.1, 0.15) is 16.7 Å². The van der Waals surface area contributed by atoms with Gasteiger partial charge < -0.3 is 5.32 Å². The van der Waals surface area contributed by atoms with Gasteiger partial charge in [-0.15, -0.1) is 0 Å². The van der Waals surface area contributed by atoms with Gasteiger partial charge in [0, 0.05) is 18.1 Å². The lowest BCUT2D eigenvalue weighted by Crippen LogP contribution is -2.52. The second kappa shape index (κ2) is 7.78. The Morgan fingerprint density at radius 3 is 2.62 bits per heavy atom. The minimum Gasteiger partial charge on any atom is -0.354 e. The third kappa shape index (κ3) is 4.44. The molecular weight excluding hydrogens is 372 g/mol. The molecular formula is C19H21ClN2O3S. The molecule has 5 nitrogen and oxygen atoms in total. The van der Waals surface area contributed by atoms with Crippen LogP contribution in [0.15, 0.2) is 48.5 Å². The number of carbonyl (C=O) groups excluding carboxylic acids is 1. The fraction of sp³-hybridized carbons (Fsp3) is 0.316. The van der Waals surface area contributed by atoms with Crippen LogP contribution in [0.2, 0.25) is 5.02 Å². The van der Waals surface area contributed by atoms with Gasteiger partial charge in [-0.05, 0) is 41.7 Å². The standard InChI is InChI=1S/C19H21ClN2O3S/c1-26(24,25)22-13-16-7-3-2-6-15(16)12-18(22)19(23)21-10-9-14-5-4-8-17(20)11-14/h2-8,11,18H,9-10,12-13H2,1H3,(H,21,23)/t18-/m0/s1. The lowest BCUT2D eigenvalue weighted by molar-refractivity contribution is -0.125. The van der Waals surface area contributed by atoms with Crippen LogP contribution in [0.4, 0.5) is 0 Å². The van der Waals surface area contributed by atoms with Gasteiger partial charge in [0.05, 0.1) is 6.26 Å². The zero-order chi connectivity index (χ0) is 18.7. The zero-order valence-corrected chi connectivity index (χ0v) is 16.1. The van der Waals surface area contributed by atoms with Gasteiger partial charge in [-0.3, -0.25) is 4.79 Å². The molecule has 26 heavy (non-hydrogen) atoms. The molecule has 2 aromatic carbocycles. The molecule has 0 unspecified atom stereocenters. The van der Waals surface area contributed by atoms with Crippen molar-refractivity contribution >= 4 is 27.5 Å². The van der Waals surface area contributed by atoms with Crippen molar-refractivity contribution < 1.29 is 13.2 Å². The molecule has 1 amide bonds. The number of amides is 1. The Kier molecular flexibility index (Phi) is 5.65. The number of nitrogens with one attached hydrogen (secondary N) is 1. The predicted molar refractivity (Wildman–Crippen MR) is 102 cm³/mol. The number of rotatable bonds is 5. The molecule has 0 aliphatic carbocycles. The minimum absolute atomic E-state index is 0.224. The molecule has 0 fully saturated rings. The number of carbonyl (C=O) groups is 1. The molecule has 0 aromatic heterocycles. The molecule has 0 spiro atoms. The Morgan fingerprint density at radius 2 is 1.92 bits per heavy atom. The van der Waals surface area contributed by atoms with Crippen LogP contribution in [0.5, 0.6) is 0 Å². The van der Waals surface area contributed by atoms with Crippen LogP contribution in [0, 0.1) is 0 Å². The van der Waals surface area contributed by atoms with Crippen molar-refractivity contribution in [1.29, 1.82) is 0 Å². The van der Waals surface area contributed by atoms with Crippen LogP contribution >= 0.6 is 11.6 Å². The number of hydrogen-bond donors (Lipinski definition) is 1. The van der Waals surface area contributed by atoms with Crippen molar-refractivity contribution in [3.05, 3.63) is 70.2 Å². The molecule has 1 heterocycles. The van der Waals surface area contributed by atoms with E-state index in [2.05, 4.69) is 5.32 Å². The average molecular weight is 393 g/mol. The van der Waals surface area contributed by atoms with Crippen LogP contribution in [-0.4, -0.2) is 37.5 Å². The van der Waals surface area contributed by atoms with E-state index in [1.807, 2.05) is 42.5 Å². The average Bonchev–Trinajstić information content (AvgIpc) is 2.60. The SMILES string of the molecule is CS(=O)(=O)N1Cc2ccccc2C[C@H]1C(=O)NCCc1cccc(Cl)c1. The molecule has 138 valence electrons. The third-order valence-electron chi connectivity index (χ3n) is 4.54. The first-order chi connectivity index (χ1) is 12.3. The molecule has 1 aliphatic rings. The Bertz CT molecular complexity index is 915. The van der Waals surface area contributed by atoms with E-state index in [0.29, 0.717) is 24.4 Å². The van der Waals surface area contributed by atoms with Crippen LogP contribution in [0.3, 0.4) is 0 Å². The van der Waals surface area contributed by atoms with Crippen molar-refractivity contribution in [2.75, 3.05) is 12.8 Å². The summed E-state index contributed by atoms with van der Waals surface area (Å²) >= 11 is 5.96. The third-order valence-corrected chi connectivity index (χ3v) is 6.01. The highest BCUT2D eigenvalue weighted by molar-refractivity contribution is 7.88. The van der Waals surface area contributed by atoms with Crippen LogP contribution < -0.4 is 5.32 Å². The molecule has 1 N–H and O–H groups in total. The maximum absolute atomic E-state index is 12.7. The summed E-state index contributed by atoms with van der Waals surface area (Å²) in [5.74, 6) is -0.271. The number of sulfonamides is 1. The number of nitrogens with zero attached hydrogens (tertiary/aromatic N) is 1. The number of benzene rings is 2. The fourth-order valence-electron chi connectivity index (χ4n) is 3.21. The first-order valence-electron chi connectivity index (χ1n) is 8.40. The Morgan fingerprint density at radius 1 is 1.19 bits per heavy atom. The van der Waals surface area contributed by atoms with Gasteiger partial charge in [0.2, 0.25) is 15.9 Å². The minimum atomic E-state index is -3.49. The van der Waals surface area contributed by atoms with Crippen molar-refractivity contribution in [2.45, 2.75) is 25.4 Å². The summed E-state index contributed by atoms with van der Waals surface area (Å²) < 4.78 is 25.6. The van der Waals surface area contributed by atoms with Crippen molar-refractivity contribution in [3.63, 3.8) is 0 Å². The molecule has 0 saturated heterocycles. The maximum Gasteiger partial charge on any atom is 0.238 e. The Labute approximate surface area is 159 Å². The van der Waals surface area contributed by atoms with Gasteiger partial charge >= 0.3 is 0 Å². The first-order valence-corrected chi connectivity index (χ1v) is 10.6. The quantitative estimate of drug-likeness (QED) is 0.849. The number of hydrogen-bond acceptors (Lipinski definition) is 3. The summed E-state index contributed by atoms with van der Waals surface area (Å²) in [6.45, 7) is 0.649. The van der Waals surface area contributed by atoms with E-state index in [0.717, 1.165) is 22.9 Å². The van der Waals surface area contributed by atoms with Crippen molar-refractivity contribution in [2.24, 2.45) is 0 Å². The van der Waals surface area contributed by atoms with Gasteiger partial charge in [0.15, 0.2) is 0 Å². The summed E-state index contributed by atoms with van der Waals surface area (Å²) in [5, 5.41) is 3.52. The fourth-order valence-corrected chi connectivity index (χ4v) is 4.43. The van der Waals surface area contributed by atoms with Gasteiger partial charge in [0.1, 0.15) is 6.04 Å². The first kappa shape index (κ1) is 18.9. The topological polar surface area (TPSA) is 66.5 Å². The Balaban J connectivity index is 1.70. The van der Waals surface area contributed by atoms with Gasteiger partial charge in [0.25, 0.3) is 0 Å². The molecule has 1 atom stereocenters. The molecule has 2 aromatic rings. The van der Waals surface area contributed by atoms with E-state index in [-0.39, 0.29) is 12.5 Å². The predicted octanol–water partition coefficient (Wildman–Crippen LogP) is 2.39. The number of fused-ring (bicyclic) bond motifs is 1. The smallest absolute Gasteiger partial charge is 0.238 e. The largest absolute Gasteiger partial charge is 0.354 e. The summed E-state index contributed by atoms with van der Waals surface area (Å²) in [5.41, 5.74) is 2.98. The molecule has 0 radical (unpaired) electrons. The van der Waals surface area contributed by atoms with Gasteiger partial charge in [-0.2, -0.15) is 4.31 Å². The van der Waals surface area contributed by atoms with Crippen LogP contribution in [0.25, 0.3) is 0 Å². The van der Waals surface area contributed by atoms with E-state index in [9.17, 15) is 13.2 Å². The highest BCUT2D eigenvalue weighted by atomic mass is 35.5. The normalized spacial score (nSPS) is 17.5. The second-order valence-electron chi connectivity index (χ2n) is 6.47. The lowest BCUT2D eigenvalue weighted by Gasteiger charge is -2.34. The summed E-state index contributed by atoms with van der Waals surface area (Å²) in [4.78, 5) is 12.7. The summed E-state index contributed by atoms with van der Waals surface area (Å²) in [6, 6.07) is 14.4. The van der Waals surface area contributed by atoms with E-state index < -0.39 is 16.1 Å². The monoisotopic (exact) mass is 392 g/mol. The summed E-state index contributed by atoms with van der Waals surface area (Å²) in [7, 11) is -3.49. The molecule has 0 bridgehead atoms. The number of halogens is 1. The molecule has 1 aliphatic heterocycles. The van der Waals surface area contributed by atoms with Gasteiger partial charge in [-0.25, -0.2) is 8.42 Å². The molecule has 3 rings (SSSR count). The zero-order valence-electron chi connectivity index (χ0n) is 14.5. The van der Waals surface area contributed by atoms with Gasteiger partial charge in [-0.1, -0.05) is 48.0 Å². The second-order valence-corrected chi connectivity index (χ2v) is 8.84. The van der Waals surface area contributed by atoms with E-state index in [1.54, 1.807) is 6.07 Å². The Hall–Kier alpha value is -1.89. The highest BCUT2D eigenvalue weighted by Gasteiger charge is 2.36. The van der Waals surface area contributed by atoms with Crippen molar-refractivity contribution in [1.82, 2.24) is 9.62 Å². The highest BCUT2D eigenvalue weighted by Crippen LogP contribution is 2.25. The molecule has 0 saturated carbocycles. The van der Waals surface area contributed by atoms with Crippen molar-refractivity contribution in [3.8, 4) is 0 Å². The lowest BCUT2D eigenvalue weighted by atomic mass is 9.95. The summed E-state index contributed by atoms with van der Waals surface area (Å²) in [6.07, 6.45) is 2.16.